The average Bonchev–Trinajstić information content (AvgIpc) is 2.05. The molecule has 0 saturated heterocycles. The van der Waals surface area contributed by atoms with Crippen molar-refractivity contribution >= 4 is 0 Å². The Bertz CT molecular complexity index is 197. The number of hydrogen-bond donors (Lipinski definition) is 0. The minimum Gasteiger partial charge on any atom is -0.493 e. The van der Waals surface area contributed by atoms with Gasteiger partial charge in [-0.3, -0.25) is 4.90 Å². The van der Waals surface area contributed by atoms with E-state index in [1.54, 1.807) is 6.26 Å². The molecule has 3 heteroatoms. The molecule has 1 heterocycles. The van der Waals surface area contributed by atoms with Crippen LogP contribution in [0.4, 0.5) is 0 Å². The quantitative estimate of drug-likeness (QED) is 0.636. The van der Waals surface area contributed by atoms with Crippen LogP contribution in [0.5, 0.6) is 0 Å². The second-order valence-electron chi connectivity index (χ2n) is 2.78. The summed E-state index contributed by atoms with van der Waals surface area (Å²) in [5.41, 5.74) is 0. The second-order valence-corrected chi connectivity index (χ2v) is 2.78. The summed E-state index contributed by atoms with van der Waals surface area (Å²) in [5, 5.41) is 0. The Kier molecular flexibility index (Phi) is 3.17. The molecule has 0 radical (unpaired) electrons. The Morgan fingerprint density at radius 1 is 1.58 bits per heavy atom. The molecule has 3 nitrogen and oxygen atoms in total. The molecule has 1 aliphatic heterocycles. The summed E-state index contributed by atoms with van der Waals surface area (Å²) in [7, 11) is 3.91. The largest absolute Gasteiger partial charge is 0.493 e. The third-order valence-corrected chi connectivity index (χ3v) is 1.57. The molecule has 0 amide bonds. The van der Waals surface area contributed by atoms with E-state index in [0.29, 0.717) is 6.61 Å². The zero-order valence-electron chi connectivity index (χ0n) is 7.78. The maximum absolute atomic E-state index is 5.40. The summed E-state index contributed by atoms with van der Waals surface area (Å²) in [6, 6.07) is 0. The maximum atomic E-state index is 5.40. The molecule has 0 aromatic rings. The molecular formula is C9H15NO2. The van der Waals surface area contributed by atoms with E-state index in [2.05, 4.69) is 0 Å². The molecule has 0 aliphatic carbocycles. The highest BCUT2D eigenvalue weighted by atomic mass is 16.5. The van der Waals surface area contributed by atoms with E-state index in [1.807, 2.05) is 38.1 Å². The Balaban J connectivity index is 2.63. The fourth-order valence-electron chi connectivity index (χ4n) is 1.07. The minimum absolute atomic E-state index is 0.0741. The van der Waals surface area contributed by atoms with Crippen molar-refractivity contribution in [2.75, 3.05) is 20.7 Å². The highest BCUT2D eigenvalue weighted by Gasteiger charge is 2.19. The lowest BCUT2D eigenvalue weighted by Gasteiger charge is -2.27. The van der Waals surface area contributed by atoms with Gasteiger partial charge in [-0.1, -0.05) is 0 Å². The van der Waals surface area contributed by atoms with Gasteiger partial charge in [-0.15, -0.1) is 0 Å². The van der Waals surface area contributed by atoms with E-state index in [0.717, 1.165) is 5.76 Å². The number of rotatable bonds is 3. The van der Waals surface area contributed by atoms with Crippen LogP contribution in [0.1, 0.15) is 6.92 Å². The number of ether oxygens (including phenoxy) is 2. The third-order valence-electron chi connectivity index (χ3n) is 1.57. The number of hydrogen-bond acceptors (Lipinski definition) is 3. The van der Waals surface area contributed by atoms with Crippen molar-refractivity contribution in [3.63, 3.8) is 0 Å². The molecule has 1 unspecified atom stereocenters. The topological polar surface area (TPSA) is 21.7 Å². The van der Waals surface area contributed by atoms with Gasteiger partial charge in [0.2, 0.25) is 6.23 Å². The number of nitrogens with zero attached hydrogens (tertiary/aromatic N) is 1. The highest BCUT2D eigenvalue weighted by molar-refractivity contribution is 5.13. The van der Waals surface area contributed by atoms with E-state index in [1.165, 1.54) is 0 Å². The smallest absolute Gasteiger partial charge is 0.209 e. The molecule has 68 valence electrons. The van der Waals surface area contributed by atoms with Gasteiger partial charge in [-0.05, 0) is 33.2 Å². The summed E-state index contributed by atoms with van der Waals surface area (Å²) in [6.45, 7) is 2.64. The lowest BCUT2D eigenvalue weighted by molar-refractivity contribution is 0.00107. The van der Waals surface area contributed by atoms with Gasteiger partial charge in [0.05, 0.1) is 12.9 Å². The van der Waals surface area contributed by atoms with Crippen molar-refractivity contribution in [2.45, 2.75) is 13.2 Å². The van der Waals surface area contributed by atoms with Crippen LogP contribution in [0.25, 0.3) is 0 Å². The molecular weight excluding hydrogens is 154 g/mol. The van der Waals surface area contributed by atoms with E-state index in [9.17, 15) is 0 Å². The SMILES string of the molecule is CCOC1=CC=COC1N(C)C. The molecule has 1 aliphatic rings. The van der Waals surface area contributed by atoms with E-state index < -0.39 is 0 Å². The molecule has 0 aromatic heterocycles. The summed E-state index contributed by atoms with van der Waals surface area (Å²) in [5.74, 6) is 0.866. The predicted molar refractivity (Wildman–Crippen MR) is 47.4 cm³/mol. The van der Waals surface area contributed by atoms with E-state index in [4.69, 9.17) is 9.47 Å². The van der Waals surface area contributed by atoms with Crippen molar-refractivity contribution in [2.24, 2.45) is 0 Å². The minimum atomic E-state index is -0.0741. The Labute approximate surface area is 73.3 Å². The summed E-state index contributed by atoms with van der Waals surface area (Å²) in [4.78, 5) is 1.96. The first-order valence-corrected chi connectivity index (χ1v) is 4.07. The number of allylic oxidation sites excluding steroid dienone is 2. The van der Waals surface area contributed by atoms with E-state index in [-0.39, 0.29) is 6.23 Å². The molecule has 0 fully saturated rings. The van der Waals surface area contributed by atoms with Crippen molar-refractivity contribution in [1.29, 1.82) is 0 Å². The molecule has 12 heavy (non-hydrogen) atoms. The van der Waals surface area contributed by atoms with Gasteiger partial charge in [0, 0.05) is 0 Å². The first kappa shape index (κ1) is 9.13. The van der Waals surface area contributed by atoms with Gasteiger partial charge in [0.15, 0.2) is 5.76 Å². The predicted octanol–water partition coefficient (Wildman–Crippen LogP) is 1.34. The summed E-state index contributed by atoms with van der Waals surface area (Å²) < 4.78 is 10.8. The molecule has 0 bridgehead atoms. The average molecular weight is 169 g/mol. The van der Waals surface area contributed by atoms with Gasteiger partial charge in [0.1, 0.15) is 0 Å². The van der Waals surface area contributed by atoms with Crippen LogP contribution in [0.3, 0.4) is 0 Å². The van der Waals surface area contributed by atoms with Crippen molar-refractivity contribution < 1.29 is 9.47 Å². The van der Waals surface area contributed by atoms with Crippen LogP contribution in [-0.4, -0.2) is 31.8 Å². The van der Waals surface area contributed by atoms with Crippen molar-refractivity contribution in [3.8, 4) is 0 Å². The van der Waals surface area contributed by atoms with Gasteiger partial charge >= 0.3 is 0 Å². The standard InChI is InChI=1S/C9H15NO2/c1-4-11-8-6-5-7-12-9(8)10(2)3/h5-7,9H,4H2,1-3H3. The summed E-state index contributed by atoms with van der Waals surface area (Å²) in [6.07, 6.45) is 5.37. The maximum Gasteiger partial charge on any atom is 0.209 e. The monoisotopic (exact) mass is 169 g/mol. The third kappa shape index (κ3) is 2.01. The van der Waals surface area contributed by atoms with Crippen LogP contribution in [0.15, 0.2) is 24.2 Å². The normalized spacial score (nSPS) is 22.0. The van der Waals surface area contributed by atoms with Crippen LogP contribution in [-0.2, 0) is 9.47 Å². The van der Waals surface area contributed by atoms with Crippen LogP contribution in [0, 0.1) is 0 Å². The van der Waals surface area contributed by atoms with Gasteiger partial charge in [-0.2, -0.15) is 0 Å². The second kappa shape index (κ2) is 4.16. The zero-order chi connectivity index (χ0) is 8.97. The fraction of sp³-hybridized carbons (Fsp3) is 0.556. The van der Waals surface area contributed by atoms with Crippen molar-refractivity contribution in [3.05, 3.63) is 24.2 Å². The highest BCUT2D eigenvalue weighted by Crippen LogP contribution is 2.15. The van der Waals surface area contributed by atoms with Crippen LogP contribution >= 0.6 is 0 Å². The first-order chi connectivity index (χ1) is 5.75. The Morgan fingerprint density at radius 3 is 2.92 bits per heavy atom. The van der Waals surface area contributed by atoms with Gasteiger partial charge in [-0.25, -0.2) is 0 Å². The van der Waals surface area contributed by atoms with Gasteiger partial charge < -0.3 is 9.47 Å². The van der Waals surface area contributed by atoms with Crippen LogP contribution in [0.2, 0.25) is 0 Å². The van der Waals surface area contributed by atoms with Crippen LogP contribution < -0.4 is 0 Å². The lowest BCUT2D eigenvalue weighted by Crippen LogP contribution is -2.33. The first-order valence-electron chi connectivity index (χ1n) is 4.07. The molecule has 0 N–H and O–H groups in total. The van der Waals surface area contributed by atoms with Gasteiger partial charge in [0.25, 0.3) is 0 Å². The molecule has 0 spiro atoms. The molecule has 0 aromatic carbocycles. The lowest BCUT2D eigenvalue weighted by atomic mass is 10.3. The number of likely N-dealkylation sites (N-methyl/N-ethyl adjacent to an activating group) is 1. The van der Waals surface area contributed by atoms with Crippen molar-refractivity contribution in [1.82, 2.24) is 4.90 Å². The summed E-state index contributed by atoms with van der Waals surface area (Å²) >= 11 is 0. The Morgan fingerprint density at radius 2 is 2.33 bits per heavy atom. The molecule has 0 saturated carbocycles. The van der Waals surface area contributed by atoms with E-state index >= 15 is 0 Å². The molecule has 1 rings (SSSR count). The molecule has 1 atom stereocenters. The zero-order valence-corrected chi connectivity index (χ0v) is 7.78. The Hall–Kier alpha value is -0.960. The fourth-order valence-corrected chi connectivity index (χ4v) is 1.07.